The van der Waals surface area contributed by atoms with Gasteiger partial charge in [0.1, 0.15) is 0 Å². The van der Waals surface area contributed by atoms with E-state index in [0.29, 0.717) is 6.54 Å². The van der Waals surface area contributed by atoms with Gasteiger partial charge in [-0.25, -0.2) is 0 Å². The molecule has 0 aliphatic carbocycles. The summed E-state index contributed by atoms with van der Waals surface area (Å²) in [5.41, 5.74) is -0.252. The number of hydrogen-bond donors (Lipinski definition) is 1. The van der Waals surface area contributed by atoms with Crippen LogP contribution >= 0.6 is 0 Å². The summed E-state index contributed by atoms with van der Waals surface area (Å²) in [4.78, 5) is 10.5. The quantitative estimate of drug-likeness (QED) is 0.765. The molecule has 1 rings (SSSR count). The van der Waals surface area contributed by atoms with Gasteiger partial charge in [-0.2, -0.15) is 5.10 Å². The number of rotatable bonds is 4. The summed E-state index contributed by atoms with van der Waals surface area (Å²) >= 11 is 0. The third kappa shape index (κ3) is 3.27. The van der Waals surface area contributed by atoms with E-state index in [4.69, 9.17) is 5.11 Å². The van der Waals surface area contributed by atoms with Crippen molar-refractivity contribution in [3.8, 4) is 0 Å². The standard InChI is InChI=1S/C9H14N2O2/c1-9(2,6-8(12)13)7-11-5-3-4-10-11/h3-5H,6-7H2,1-2H3,(H,12,13). The number of carboxylic acid groups (broad SMARTS) is 1. The molecule has 0 fully saturated rings. The zero-order chi connectivity index (χ0) is 9.90. The van der Waals surface area contributed by atoms with Crippen LogP contribution in [0.4, 0.5) is 0 Å². The third-order valence-corrected chi connectivity index (χ3v) is 1.78. The molecule has 0 aliphatic rings. The van der Waals surface area contributed by atoms with Crippen LogP contribution in [0.3, 0.4) is 0 Å². The molecule has 0 aromatic carbocycles. The van der Waals surface area contributed by atoms with Crippen molar-refractivity contribution in [2.24, 2.45) is 5.41 Å². The summed E-state index contributed by atoms with van der Waals surface area (Å²) in [6, 6.07) is 1.83. The lowest BCUT2D eigenvalue weighted by molar-refractivity contribution is -0.139. The molecule has 1 N–H and O–H groups in total. The molecule has 1 aromatic rings. The maximum absolute atomic E-state index is 10.5. The van der Waals surface area contributed by atoms with Crippen LogP contribution in [0.25, 0.3) is 0 Å². The first kappa shape index (κ1) is 9.77. The highest BCUT2D eigenvalue weighted by Gasteiger charge is 2.22. The molecule has 0 spiro atoms. The molecule has 1 aromatic heterocycles. The molecule has 0 radical (unpaired) electrons. The molecule has 0 atom stereocenters. The zero-order valence-corrected chi connectivity index (χ0v) is 7.90. The first-order valence-corrected chi connectivity index (χ1v) is 4.19. The topological polar surface area (TPSA) is 55.1 Å². The highest BCUT2D eigenvalue weighted by molar-refractivity contribution is 5.67. The number of carbonyl (C=O) groups is 1. The average molecular weight is 182 g/mol. The average Bonchev–Trinajstić information content (AvgIpc) is 2.34. The van der Waals surface area contributed by atoms with E-state index in [2.05, 4.69) is 5.10 Å². The minimum absolute atomic E-state index is 0.160. The minimum atomic E-state index is -0.767. The second kappa shape index (κ2) is 3.60. The molecule has 4 nitrogen and oxygen atoms in total. The fourth-order valence-corrected chi connectivity index (χ4v) is 1.30. The van der Waals surface area contributed by atoms with Gasteiger partial charge in [0, 0.05) is 18.9 Å². The Labute approximate surface area is 77.2 Å². The summed E-state index contributed by atoms with van der Waals surface area (Å²) in [6.45, 7) is 4.47. The largest absolute Gasteiger partial charge is 0.481 e. The van der Waals surface area contributed by atoms with E-state index in [9.17, 15) is 4.79 Å². The molecule has 0 saturated carbocycles. The third-order valence-electron chi connectivity index (χ3n) is 1.78. The summed E-state index contributed by atoms with van der Waals surface area (Å²) in [6.07, 6.45) is 3.69. The van der Waals surface area contributed by atoms with Crippen molar-refractivity contribution in [3.63, 3.8) is 0 Å². The van der Waals surface area contributed by atoms with Crippen molar-refractivity contribution in [1.29, 1.82) is 0 Å². The van der Waals surface area contributed by atoms with Crippen LogP contribution in [-0.4, -0.2) is 20.9 Å². The van der Waals surface area contributed by atoms with Crippen LogP contribution in [0.2, 0.25) is 0 Å². The Morgan fingerprint density at radius 1 is 1.62 bits per heavy atom. The van der Waals surface area contributed by atoms with E-state index in [1.807, 2.05) is 26.1 Å². The highest BCUT2D eigenvalue weighted by atomic mass is 16.4. The van der Waals surface area contributed by atoms with Crippen LogP contribution in [0, 0.1) is 5.41 Å². The number of aliphatic carboxylic acids is 1. The highest BCUT2D eigenvalue weighted by Crippen LogP contribution is 2.22. The van der Waals surface area contributed by atoms with Gasteiger partial charge in [0.05, 0.1) is 6.42 Å². The van der Waals surface area contributed by atoms with Crippen molar-refractivity contribution >= 4 is 5.97 Å². The Bertz CT molecular complexity index is 278. The Morgan fingerprint density at radius 3 is 2.77 bits per heavy atom. The number of aromatic nitrogens is 2. The lowest BCUT2D eigenvalue weighted by atomic mass is 9.89. The van der Waals surface area contributed by atoms with Gasteiger partial charge < -0.3 is 5.11 Å². The lowest BCUT2D eigenvalue weighted by Crippen LogP contribution is -2.23. The predicted octanol–water partition coefficient (Wildman–Crippen LogP) is 1.38. The van der Waals surface area contributed by atoms with E-state index in [1.165, 1.54) is 0 Å². The Balaban J connectivity index is 2.56. The monoisotopic (exact) mass is 182 g/mol. The summed E-state index contributed by atoms with van der Waals surface area (Å²) in [7, 11) is 0. The molecule has 1 heterocycles. The van der Waals surface area contributed by atoms with Crippen molar-refractivity contribution in [3.05, 3.63) is 18.5 Å². The second-order valence-electron chi connectivity index (χ2n) is 3.94. The van der Waals surface area contributed by atoms with Crippen LogP contribution in [-0.2, 0) is 11.3 Å². The Morgan fingerprint density at radius 2 is 2.31 bits per heavy atom. The molecule has 0 amide bonds. The van der Waals surface area contributed by atoms with Crippen LogP contribution in [0.5, 0.6) is 0 Å². The first-order chi connectivity index (χ1) is 5.99. The van der Waals surface area contributed by atoms with Crippen molar-refractivity contribution < 1.29 is 9.90 Å². The Hall–Kier alpha value is -1.32. The van der Waals surface area contributed by atoms with E-state index < -0.39 is 5.97 Å². The van der Waals surface area contributed by atoms with Crippen molar-refractivity contribution in [2.75, 3.05) is 0 Å². The normalized spacial score (nSPS) is 11.5. The van der Waals surface area contributed by atoms with E-state index >= 15 is 0 Å². The molecule has 13 heavy (non-hydrogen) atoms. The van der Waals surface area contributed by atoms with E-state index in [1.54, 1.807) is 10.9 Å². The van der Waals surface area contributed by atoms with Crippen LogP contribution in [0.1, 0.15) is 20.3 Å². The molecule has 0 bridgehead atoms. The van der Waals surface area contributed by atoms with E-state index in [-0.39, 0.29) is 11.8 Å². The molecule has 0 aliphatic heterocycles. The molecule has 0 unspecified atom stereocenters. The fourth-order valence-electron chi connectivity index (χ4n) is 1.30. The van der Waals surface area contributed by atoms with Crippen LogP contribution < -0.4 is 0 Å². The molecular weight excluding hydrogens is 168 g/mol. The number of nitrogens with zero attached hydrogens (tertiary/aromatic N) is 2. The lowest BCUT2D eigenvalue weighted by Gasteiger charge is -2.21. The van der Waals surface area contributed by atoms with Gasteiger partial charge in [0.2, 0.25) is 0 Å². The maximum Gasteiger partial charge on any atom is 0.303 e. The smallest absolute Gasteiger partial charge is 0.303 e. The first-order valence-electron chi connectivity index (χ1n) is 4.19. The number of hydrogen-bond acceptors (Lipinski definition) is 2. The van der Waals surface area contributed by atoms with Gasteiger partial charge in [0.15, 0.2) is 0 Å². The molecule has 72 valence electrons. The molecule has 0 saturated heterocycles. The summed E-state index contributed by atoms with van der Waals surface area (Å²) in [5.74, 6) is -0.767. The minimum Gasteiger partial charge on any atom is -0.481 e. The molecular formula is C9H14N2O2. The van der Waals surface area contributed by atoms with Crippen molar-refractivity contribution in [2.45, 2.75) is 26.8 Å². The van der Waals surface area contributed by atoms with Crippen LogP contribution in [0.15, 0.2) is 18.5 Å². The summed E-state index contributed by atoms with van der Waals surface area (Å²) in [5, 5.41) is 12.7. The maximum atomic E-state index is 10.5. The number of carboxylic acids is 1. The van der Waals surface area contributed by atoms with Gasteiger partial charge >= 0.3 is 5.97 Å². The van der Waals surface area contributed by atoms with E-state index in [0.717, 1.165) is 0 Å². The van der Waals surface area contributed by atoms with Gasteiger partial charge in [-0.15, -0.1) is 0 Å². The zero-order valence-electron chi connectivity index (χ0n) is 7.90. The second-order valence-corrected chi connectivity index (χ2v) is 3.94. The molecule has 4 heteroatoms. The predicted molar refractivity (Wildman–Crippen MR) is 48.3 cm³/mol. The van der Waals surface area contributed by atoms with Gasteiger partial charge in [0.25, 0.3) is 0 Å². The van der Waals surface area contributed by atoms with Gasteiger partial charge in [-0.05, 0) is 11.5 Å². The van der Waals surface area contributed by atoms with Gasteiger partial charge in [-0.1, -0.05) is 13.8 Å². The summed E-state index contributed by atoms with van der Waals surface area (Å²) < 4.78 is 1.75. The van der Waals surface area contributed by atoms with Crippen molar-refractivity contribution in [1.82, 2.24) is 9.78 Å². The Kier molecular flexibility index (Phi) is 2.70. The van der Waals surface area contributed by atoms with Gasteiger partial charge in [-0.3, -0.25) is 9.48 Å². The fraction of sp³-hybridized carbons (Fsp3) is 0.556. The SMILES string of the molecule is CC(C)(CC(=O)O)Cn1cccn1.